The third-order valence-electron chi connectivity index (χ3n) is 4.85. The lowest BCUT2D eigenvalue weighted by Gasteiger charge is -2.32. The number of benzene rings is 2. The molecule has 1 amide bonds. The van der Waals surface area contributed by atoms with Crippen molar-refractivity contribution in [2.75, 3.05) is 12.0 Å². The summed E-state index contributed by atoms with van der Waals surface area (Å²) in [7, 11) is 1.03. The van der Waals surface area contributed by atoms with Gasteiger partial charge in [0.1, 0.15) is 6.61 Å². The van der Waals surface area contributed by atoms with E-state index in [1.165, 1.54) is 30.4 Å². The first kappa shape index (κ1) is 23.0. The predicted octanol–water partition coefficient (Wildman–Crippen LogP) is 2.94. The molecule has 1 atom stereocenters. The third-order valence-corrected chi connectivity index (χ3v) is 4.85. The standard InChI is InChI=1S/C22H18N4O7/c1-32-21(28)20(24-23)19(27)12-16-8-7-15-11-17(26(30)31)9-10-18(15)25(16)22(29)33-13-14-5-3-2-4-6-14/h2-11,16H,12-13H2,1H3. The number of methoxy groups -OCH3 is 1. The Kier molecular flexibility index (Phi) is 7.07. The van der Waals surface area contributed by atoms with Crippen molar-refractivity contribution >= 4 is 41.0 Å². The molecule has 0 aliphatic carbocycles. The number of ketones is 1. The van der Waals surface area contributed by atoms with E-state index in [1.807, 2.05) is 6.07 Å². The zero-order chi connectivity index (χ0) is 24.0. The number of hydrogen-bond donors (Lipinski definition) is 0. The number of Topliss-reactive ketones (excluding diaryl/α,β-unsaturated/α-hetero) is 1. The van der Waals surface area contributed by atoms with Crippen LogP contribution in [0.4, 0.5) is 16.2 Å². The Labute approximate surface area is 187 Å². The molecule has 11 nitrogen and oxygen atoms in total. The number of carbonyl (C=O) groups excluding carboxylic acids is 3. The van der Waals surface area contributed by atoms with E-state index in [-0.39, 0.29) is 18.0 Å². The monoisotopic (exact) mass is 450 g/mol. The molecule has 0 fully saturated rings. The van der Waals surface area contributed by atoms with Crippen molar-refractivity contribution < 1.29 is 33.6 Å². The highest BCUT2D eigenvalue weighted by atomic mass is 16.6. The number of carbonyl (C=O) groups is 3. The second kappa shape index (κ2) is 10.1. The highest BCUT2D eigenvalue weighted by Crippen LogP contribution is 2.33. The number of nitro groups is 1. The third kappa shape index (κ3) is 5.17. The van der Waals surface area contributed by atoms with E-state index in [0.29, 0.717) is 5.56 Å². The summed E-state index contributed by atoms with van der Waals surface area (Å²) < 4.78 is 9.84. The van der Waals surface area contributed by atoms with E-state index >= 15 is 0 Å². The summed E-state index contributed by atoms with van der Waals surface area (Å²) in [5, 5.41) is 11.1. The summed E-state index contributed by atoms with van der Waals surface area (Å²) in [4.78, 5) is 51.7. The van der Waals surface area contributed by atoms with Gasteiger partial charge in [0, 0.05) is 24.1 Å². The van der Waals surface area contributed by atoms with Crippen molar-refractivity contribution in [3.8, 4) is 0 Å². The van der Waals surface area contributed by atoms with Gasteiger partial charge >= 0.3 is 17.8 Å². The first-order chi connectivity index (χ1) is 15.8. The molecule has 3 rings (SSSR count). The van der Waals surface area contributed by atoms with E-state index < -0.39 is 40.9 Å². The largest absolute Gasteiger partial charge is 0.460 e. The van der Waals surface area contributed by atoms with Crippen molar-refractivity contribution in [2.45, 2.75) is 19.1 Å². The highest BCUT2D eigenvalue weighted by molar-refractivity contribution is 6.62. The van der Waals surface area contributed by atoms with Crippen LogP contribution in [0.15, 0.2) is 54.6 Å². The molecular weight excluding hydrogens is 432 g/mol. The Hall–Kier alpha value is -4.63. The maximum Gasteiger partial charge on any atom is 0.441 e. The van der Waals surface area contributed by atoms with Crippen LogP contribution in [0.2, 0.25) is 0 Å². The van der Waals surface area contributed by atoms with Crippen molar-refractivity contribution in [2.24, 2.45) is 0 Å². The second-order valence-electron chi connectivity index (χ2n) is 6.90. The van der Waals surface area contributed by atoms with Crippen LogP contribution in [-0.2, 0) is 25.7 Å². The van der Waals surface area contributed by atoms with Crippen LogP contribution in [0.25, 0.3) is 11.6 Å². The van der Waals surface area contributed by atoms with Gasteiger partial charge in [-0.25, -0.2) is 9.59 Å². The molecule has 0 spiro atoms. The van der Waals surface area contributed by atoms with Gasteiger partial charge in [0.25, 0.3) is 11.5 Å². The number of nitro benzene ring substituents is 1. The number of rotatable bonds is 7. The first-order valence-corrected chi connectivity index (χ1v) is 9.65. The first-order valence-electron chi connectivity index (χ1n) is 9.65. The van der Waals surface area contributed by atoms with E-state index in [9.17, 15) is 24.5 Å². The van der Waals surface area contributed by atoms with Crippen LogP contribution >= 0.6 is 0 Å². The molecule has 1 aliphatic rings. The molecule has 1 heterocycles. The Morgan fingerprint density at radius 1 is 1.18 bits per heavy atom. The van der Waals surface area contributed by atoms with E-state index in [1.54, 1.807) is 24.3 Å². The highest BCUT2D eigenvalue weighted by Gasteiger charge is 2.37. The van der Waals surface area contributed by atoms with Crippen LogP contribution < -0.4 is 4.90 Å². The number of amides is 1. The van der Waals surface area contributed by atoms with Gasteiger partial charge in [-0.05, 0) is 11.6 Å². The van der Waals surface area contributed by atoms with Gasteiger partial charge in [-0.15, -0.1) is 0 Å². The maximum atomic E-state index is 13.0. The van der Waals surface area contributed by atoms with Gasteiger partial charge in [0.2, 0.25) is 0 Å². The molecule has 11 heteroatoms. The molecule has 0 saturated heterocycles. The van der Waals surface area contributed by atoms with Crippen LogP contribution in [0.5, 0.6) is 0 Å². The fourth-order valence-electron chi connectivity index (χ4n) is 3.26. The predicted molar refractivity (Wildman–Crippen MR) is 115 cm³/mol. The molecular formula is C22H18N4O7. The molecule has 2 aromatic carbocycles. The fourth-order valence-corrected chi connectivity index (χ4v) is 3.26. The van der Waals surface area contributed by atoms with Gasteiger partial charge in [-0.3, -0.25) is 19.8 Å². The van der Waals surface area contributed by atoms with Gasteiger partial charge in [-0.2, -0.15) is 4.79 Å². The zero-order valence-corrected chi connectivity index (χ0v) is 17.4. The minimum atomic E-state index is -1.13. The SMILES string of the molecule is COC(=O)C(=[N+]=[N-])C(=O)CC1C=Cc2cc([N+](=O)[O-])ccc2N1C(=O)OCc1ccccc1. The maximum absolute atomic E-state index is 13.0. The van der Waals surface area contributed by atoms with Crippen molar-refractivity contribution in [1.29, 1.82) is 0 Å². The normalized spacial score (nSPS) is 14.0. The van der Waals surface area contributed by atoms with Gasteiger partial charge in [0.05, 0.1) is 23.8 Å². The van der Waals surface area contributed by atoms with Crippen molar-refractivity contribution in [3.05, 3.63) is 81.4 Å². The lowest BCUT2D eigenvalue weighted by Crippen LogP contribution is -2.44. The number of hydrogen-bond acceptors (Lipinski definition) is 7. The van der Waals surface area contributed by atoms with E-state index in [4.69, 9.17) is 10.3 Å². The summed E-state index contributed by atoms with van der Waals surface area (Å²) in [6.07, 6.45) is 1.76. The quantitative estimate of drug-likeness (QED) is 0.120. The molecule has 0 saturated carbocycles. The molecule has 168 valence electrons. The van der Waals surface area contributed by atoms with Gasteiger partial charge in [-0.1, -0.05) is 42.5 Å². The lowest BCUT2D eigenvalue weighted by molar-refractivity contribution is -0.384. The molecule has 0 N–H and O–H groups in total. The molecule has 33 heavy (non-hydrogen) atoms. The number of anilines is 1. The molecule has 1 aliphatic heterocycles. The van der Waals surface area contributed by atoms with Gasteiger partial charge < -0.3 is 15.0 Å². The smallest absolute Gasteiger partial charge is 0.441 e. The van der Waals surface area contributed by atoms with Crippen LogP contribution in [0, 0.1) is 10.1 Å². The Morgan fingerprint density at radius 3 is 2.55 bits per heavy atom. The molecule has 0 aromatic heterocycles. The zero-order valence-electron chi connectivity index (χ0n) is 17.4. The Balaban J connectivity index is 1.92. The second-order valence-corrected chi connectivity index (χ2v) is 6.90. The van der Waals surface area contributed by atoms with Gasteiger partial charge in [0.15, 0.2) is 0 Å². The average Bonchev–Trinajstić information content (AvgIpc) is 2.82. The number of ether oxygens (including phenoxy) is 2. The van der Waals surface area contributed by atoms with E-state index in [0.717, 1.165) is 17.6 Å². The Bertz CT molecular complexity index is 1190. The lowest BCUT2D eigenvalue weighted by atomic mass is 9.98. The molecule has 0 radical (unpaired) electrons. The fraction of sp³-hybridized carbons (Fsp3) is 0.182. The summed E-state index contributed by atoms with van der Waals surface area (Å²) in [6.45, 7) is -0.0472. The molecule has 2 aromatic rings. The minimum Gasteiger partial charge on any atom is -0.460 e. The summed E-state index contributed by atoms with van der Waals surface area (Å²) in [5.74, 6) is -2.00. The minimum absolute atomic E-state index is 0.0472. The summed E-state index contributed by atoms with van der Waals surface area (Å²) in [5.41, 5.74) is 9.41. The number of fused-ring (bicyclic) bond motifs is 1. The topological polar surface area (TPSA) is 152 Å². The van der Waals surface area contributed by atoms with Crippen LogP contribution in [-0.4, -0.2) is 46.4 Å². The van der Waals surface area contributed by atoms with Crippen LogP contribution in [0.1, 0.15) is 17.5 Å². The van der Waals surface area contributed by atoms with Crippen molar-refractivity contribution in [1.82, 2.24) is 0 Å². The van der Waals surface area contributed by atoms with E-state index in [2.05, 4.69) is 9.53 Å². The number of esters is 1. The average molecular weight is 450 g/mol. The molecule has 0 bridgehead atoms. The van der Waals surface area contributed by atoms with Crippen molar-refractivity contribution in [3.63, 3.8) is 0 Å². The van der Waals surface area contributed by atoms with Crippen LogP contribution in [0.3, 0.4) is 0 Å². The number of nitrogens with zero attached hydrogens (tertiary/aromatic N) is 4. The summed E-state index contributed by atoms with van der Waals surface area (Å²) in [6, 6.07) is 11.9. The Morgan fingerprint density at radius 2 is 1.91 bits per heavy atom. The summed E-state index contributed by atoms with van der Waals surface area (Å²) >= 11 is 0. The molecule has 1 unspecified atom stereocenters. The number of non-ortho nitro benzene ring substituents is 1.